The number of nitrogens with one attached hydrogen (secondary N) is 1. The average molecular weight is 299 g/mol. The molecule has 0 saturated heterocycles. The number of carbonyl (C=O) groups excluding carboxylic acids is 1. The highest BCUT2D eigenvalue weighted by atomic mass is 16.6. The number of carbonyl (C=O) groups is 1. The van der Waals surface area contributed by atoms with Crippen molar-refractivity contribution >= 4 is 23.0 Å². The Morgan fingerprint density at radius 1 is 1.14 bits per heavy atom. The lowest BCUT2D eigenvalue weighted by atomic mass is 10.2. The first-order valence-corrected chi connectivity index (χ1v) is 6.95. The molecule has 0 atom stereocenters. The number of nitrogens with zero attached hydrogens (tertiary/aromatic N) is 2. The van der Waals surface area contributed by atoms with Gasteiger partial charge < -0.3 is 10.2 Å². The zero-order chi connectivity index (χ0) is 15.9. The van der Waals surface area contributed by atoms with Crippen LogP contribution in [-0.4, -0.2) is 23.9 Å². The SMILES string of the molecule is CCN(CC(=O)Nc1ccccc1[N+](=O)[O-])c1ccccc1. The number of hydrogen-bond acceptors (Lipinski definition) is 4. The molecule has 0 saturated carbocycles. The zero-order valence-electron chi connectivity index (χ0n) is 12.2. The molecule has 0 aliphatic heterocycles. The topological polar surface area (TPSA) is 75.5 Å². The van der Waals surface area contributed by atoms with Crippen molar-refractivity contribution in [3.8, 4) is 0 Å². The van der Waals surface area contributed by atoms with E-state index in [9.17, 15) is 14.9 Å². The van der Waals surface area contributed by atoms with E-state index in [0.29, 0.717) is 6.54 Å². The van der Waals surface area contributed by atoms with E-state index in [4.69, 9.17) is 0 Å². The minimum atomic E-state index is -0.510. The molecule has 0 unspecified atom stereocenters. The third-order valence-electron chi connectivity index (χ3n) is 3.21. The van der Waals surface area contributed by atoms with Gasteiger partial charge in [-0.3, -0.25) is 14.9 Å². The number of nitro benzene ring substituents is 1. The molecule has 22 heavy (non-hydrogen) atoms. The summed E-state index contributed by atoms with van der Waals surface area (Å²) in [7, 11) is 0. The molecule has 2 aromatic rings. The Hall–Kier alpha value is -2.89. The van der Waals surface area contributed by atoms with Gasteiger partial charge in [-0.1, -0.05) is 30.3 Å². The number of amides is 1. The van der Waals surface area contributed by atoms with Crippen LogP contribution in [0, 0.1) is 10.1 Å². The van der Waals surface area contributed by atoms with Gasteiger partial charge in [0.2, 0.25) is 5.91 Å². The molecule has 1 N–H and O–H groups in total. The van der Waals surface area contributed by atoms with Gasteiger partial charge in [-0.15, -0.1) is 0 Å². The molecule has 1 amide bonds. The van der Waals surface area contributed by atoms with E-state index in [1.165, 1.54) is 12.1 Å². The summed E-state index contributed by atoms with van der Waals surface area (Å²) in [5, 5.41) is 13.6. The predicted octanol–water partition coefficient (Wildman–Crippen LogP) is 3.06. The minimum Gasteiger partial charge on any atom is -0.362 e. The van der Waals surface area contributed by atoms with Gasteiger partial charge in [0.25, 0.3) is 5.69 Å². The Balaban J connectivity index is 2.08. The second-order valence-corrected chi connectivity index (χ2v) is 4.67. The molecule has 2 aromatic carbocycles. The summed E-state index contributed by atoms with van der Waals surface area (Å²) in [5.74, 6) is -0.292. The fraction of sp³-hybridized carbons (Fsp3) is 0.188. The molecular weight excluding hydrogens is 282 g/mol. The summed E-state index contributed by atoms with van der Waals surface area (Å²) >= 11 is 0. The number of para-hydroxylation sites is 3. The standard InChI is InChI=1S/C16H17N3O3/c1-2-18(13-8-4-3-5-9-13)12-16(20)17-14-10-6-7-11-15(14)19(21)22/h3-11H,2,12H2,1H3,(H,17,20). The molecule has 0 aliphatic rings. The Labute approximate surface area is 128 Å². The quantitative estimate of drug-likeness (QED) is 0.657. The first-order chi connectivity index (χ1) is 10.6. The maximum Gasteiger partial charge on any atom is 0.292 e. The Morgan fingerprint density at radius 2 is 1.77 bits per heavy atom. The van der Waals surface area contributed by atoms with E-state index in [1.54, 1.807) is 12.1 Å². The molecule has 0 bridgehead atoms. The molecule has 6 heteroatoms. The van der Waals surface area contributed by atoms with Crippen LogP contribution in [-0.2, 0) is 4.79 Å². The van der Waals surface area contributed by atoms with Crippen molar-refractivity contribution in [2.45, 2.75) is 6.92 Å². The van der Waals surface area contributed by atoms with Crippen LogP contribution in [0.2, 0.25) is 0 Å². The Kier molecular flexibility index (Phi) is 5.08. The minimum absolute atomic E-state index is 0.112. The summed E-state index contributed by atoms with van der Waals surface area (Å²) in [6.45, 7) is 2.74. The van der Waals surface area contributed by atoms with Crippen molar-refractivity contribution in [1.29, 1.82) is 0 Å². The number of benzene rings is 2. The van der Waals surface area contributed by atoms with E-state index in [-0.39, 0.29) is 23.8 Å². The number of anilines is 2. The van der Waals surface area contributed by atoms with Gasteiger partial charge in [-0.2, -0.15) is 0 Å². The third-order valence-corrected chi connectivity index (χ3v) is 3.21. The zero-order valence-corrected chi connectivity index (χ0v) is 12.2. The maximum atomic E-state index is 12.2. The smallest absolute Gasteiger partial charge is 0.292 e. The number of likely N-dealkylation sites (N-methyl/N-ethyl adjacent to an activating group) is 1. The van der Waals surface area contributed by atoms with Gasteiger partial charge in [0.15, 0.2) is 0 Å². The molecule has 0 aromatic heterocycles. The lowest BCUT2D eigenvalue weighted by Crippen LogP contribution is -2.33. The summed E-state index contributed by atoms with van der Waals surface area (Å²) in [6.07, 6.45) is 0. The van der Waals surface area contributed by atoms with Crippen LogP contribution in [0.15, 0.2) is 54.6 Å². The molecule has 0 aliphatic carbocycles. The second-order valence-electron chi connectivity index (χ2n) is 4.67. The van der Waals surface area contributed by atoms with Crippen LogP contribution in [0.25, 0.3) is 0 Å². The van der Waals surface area contributed by atoms with Crippen molar-refractivity contribution in [2.75, 3.05) is 23.3 Å². The monoisotopic (exact) mass is 299 g/mol. The summed E-state index contributed by atoms with van der Waals surface area (Å²) in [6, 6.07) is 15.6. The first kappa shape index (κ1) is 15.5. The van der Waals surface area contributed by atoms with Crippen LogP contribution in [0.3, 0.4) is 0 Å². The van der Waals surface area contributed by atoms with E-state index in [2.05, 4.69) is 5.32 Å². The highest BCUT2D eigenvalue weighted by molar-refractivity contribution is 5.96. The van der Waals surface area contributed by atoms with Gasteiger partial charge in [0.05, 0.1) is 11.5 Å². The van der Waals surface area contributed by atoms with Crippen LogP contribution in [0.4, 0.5) is 17.1 Å². The highest BCUT2D eigenvalue weighted by Gasteiger charge is 2.16. The molecule has 6 nitrogen and oxygen atoms in total. The van der Waals surface area contributed by atoms with Crippen molar-refractivity contribution in [3.05, 3.63) is 64.7 Å². The van der Waals surface area contributed by atoms with Gasteiger partial charge in [-0.25, -0.2) is 0 Å². The number of rotatable bonds is 6. The van der Waals surface area contributed by atoms with Gasteiger partial charge in [-0.05, 0) is 25.1 Å². The summed E-state index contributed by atoms with van der Waals surface area (Å²) in [5.41, 5.74) is 1.03. The van der Waals surface area contributed by atoms with E-state index < -0.39 is 4.92 Å². The predicted molar refractivity (Wildman–Crippen MR) is 86.1 cm³/mol. The Morgan fingerprint density at radius 3 is 2.41 bits per heavy atom. The maximum absolute atomic E-state index is 12.2. The van der Waals surface area contributed by atoms with E-state index >= 15 is 0 Å². The summed E-state index contributed by atoms with van der Waals surface area (Å²) < 4.78 is 0. The summed E-state index contributed by atoms with van der Waals surface area (Å²) in [4.78, 5) is 24.5. The fourth-order valence-electron chi connectivity index (χ4n) is 2.13. The van der Waals surface area contributed by atoms with Crippen LogP contribution in [0.1, 0.15) is 6.92 Å². The van der Waals surface area contributed by atoms with Crippen molar-refractivity contribution in [2.24, 2.45) is 0 Å². The molecule has 0 fully saturated rings. The lowest BCUT2D eigenvalue weighted by Gasteiger charge is -2.22. The van der Waals surface area contributed by atoms with Crippen molar-refractivity contribution < 1.29 is 9.72 Å². The second kappa shape index (κ2) is 7.21. The first-order valence-electron chi connectivity index (χ1n) is 6.95. The molecule has 0 radical (unpaired) electrons. The number of hydrogen-bond donors (Lipinski definition) is 1. The van der Waals surface area contributed by atoms with E-state index in [1.807, 2.05) is 42.2 Å². The van der Waals surface area contributed by atoms with Gasteiger partial charge in [0.1, 0.15) is 5.69 Å². The Bertz CT molecular complexity index is 659. The lowest BCUT2D eigenvalue weighted by molar-refractivity contribution is -0.383. The van der Waals surface area contributed by atoms with Gasteiger partial charge >= 0.3 is 0 Å². The molecular formula is C16H17N3O3. The molecule has 0 spiro atoms. The highest BCUT2D eigenvalue weighted by Crippen LogP contribution is 2.23. The van der Waals surface area contributed by atoms with Gasteiger partial charge in [0, 0.05) is 18.3 Å². The number of nitro groups is 1. The molecule has 114 valence electrons. The van der Waals surface area contributed by atoms with Crippen LogP contribution < -0.4 is 10.2 Å². The van der Waals surface area contributed by atoms with Crippen molar-refractivity contribution in [1.82, 2.24) is 0 Å². The largest absolute Gasteiger partial charge is 0.362 e. The molecule has 0 heterocycles. The van der Waals surface area contributed by atoms with Crippen LogP contribution >= 0.6 is 0 Å². The normalized spacial score (nSPS) is 10.0. The average Bonchev–Trinajstić information content (AvgIpc) is 2.53. The molecule has 2 rings (SSSR count). The third kappa shape index (κ3) is 3.82. The fourth-order valence-corrected chi connectivity index (χ4v) is 2.13. The van der Waals surface area contributed by atoms with Crippen LogP contribution in [0.5, 0.6) is 0 Å². The van der Waals surface area contributed by atoms with Crippen molar-refractivity contribution in [3.63, 3.8) is 0 Å². The van der Waals surface area contributed by atoms with E-state index in [0.717, 1.165) is 5.69 Å².